The van der Waals surface area contributed by atoms with Crippen LogP contribution in [-0.2, 0) is 9.59 Å². The molecule has 0 aromatic heterocycles. The van der Waals surface area contributed by atoms with Gasteiger partial charge < -0.3 is 10.0 Å². The lowest BCUT2D eigenvalue weighted by Gasteiger charge is -2.34. The van der Waals surface area contributed by atoms with Crippen LogP contribution in [0.25, 0.3) is 0 Å². The Hall–Kier alpha value is -1.06. The summed E-state index contributed by atoms with van der Waals surface area (Å²) < 4.78 is 0. The van der Waals surface area contributed by atoms with E-state index in [0.29, 0.717) is 13.0 Å². The van der Waals surface area contributed by atoms with Gasteiger partial charge >= 0.3 is 5.97 Å². The van der Waals surface area contributed by atoms with Gasteiger partial charge in [0.15, 0.2) is 0 Å². The van der Waals surface area contributed by atoms with Crippen molar-refractivity contribution in [2.75, 3.05) is 6.54 Å². The number of amides is 1. The molecule has 14 heavy (non-hydrogen) atoms. The summed E-state index contributed by atoms with van der Waals surface area (Å²) >= 11 is 0. The number of hydrogen-bond donors (Lipinski definition) is 1. The molecule has 4 nitrogen and oxygen atoms in total. The molecule has 1 N–H and O–H groups in total. The summed E-state index contributed by atoms with van der Waals surface area (Å²) in [4.78, 5) is 24.0. The van der Waals surface area contributed by atoms with Crippen LogP contribution in [0, 0.1) is 5.41 Å². The zero-order valence-corrected chi connectivity index (χ0v) is 8.91. The van der Waals surface area contributed by atoms with Gasteiger partial charge in [0.2, 0.25) is 5.91 Å². The van der Waals surface area contributed by atoms with Gasteiger partial charge in [-0.2, -0.15) is 0 Å². The van der Waals surface area contributed by atoms with E-state index in [4.69, 9.17) is 5.11 Å². The topological polar surface area (TPSA) is 57.6 Å². The van der Waals surface area contributed by atoms with Crippen LogP contribution in [0.15, 0.2) is 0 Å². The van der Waals surface area contributed by atoms with E-state index in [1.54, 1.807) is 0 Å². The van der Waals surface area contributed by atoms with Gasteiger partial charge in [-0.1, -0.05) is 20.8 Å². The van der Waals surface area contributed by atoms with Gasteiger partial charge in [0, 0.05) is 13.0 Å². The Labute approximate surface area is 83.9 Å². The Morgan fingerprint density at radius 1 is 1.50 bits per heavy atom. The van der Waals surface area contributed by atoms with Crippen LogP contribution < -0.4 is 0 Å². The quantitative estimate of drug-likeness (QED) is 0.724. The molecule has 1 heterocycles. The first-order valence-electron chi connectivity index (χ1n) is 4.86. The second-order valence-corrected chi connectivity index (χ2v) is 4.80. The van der Waals surface area contributed by atoms with Crippen LogP contribution in [-0.4, -0.2) is 34.5 Å². The molecule has 0 aromatic rings. The Balaban J connectivity index is 2.88. The number of carbonyl (C=O) groups is 2. The highest BCUT2D eigenvalue weighted by Gasteiger charge is 2.40. The molecule has 4 heteroatoms. The van der Waals surface area contributed by atoms with Crippen molar-refractivity contribution in [3.05, 3.63) is 0 Å². The van der Waals surface area contributed by atoms with E-state index in [9.17, 15) is 9.59 Å². The third-order valence-corrected chi connectivity index (χ3v) is 2.48. The van der Waals surface area contributed by atoms with Gasteiger partial charge in [0.25, 0.3) is 0 Å². The number of carbonyl (C=O) groups excluding carboxylic acids is 1. The highest BCUT2D eigenvalue weighted by Crippen LogP contribution is 2.28. The predicted octanol–water partition coefficient (Wildman–Crippen LogP) is 1.11. The van der Waals surface area contributed by atoms with E-state index in [0.717, 1.165) is 6.42 Å². The van der Waals surface area contributed by atoms with E-state index < -0.39 is 17.4 Å². The van der Waals surface area contributed by atoms with E-state index in [1.807, 2.05) is 20.8 Å². The SMILES string of the molecule is CC(C)(C)C(C(=O)O)N1CCCC1=O. The van der Waals surface area contributed by atoms with E-state index in [-0.39, 0.29) is 5.91 Å². The van der Waals surface area contributed by atoms with Crippen LogP contribution in [0.3, 0.4) is 0 Å². The van der Waals surface area contributed by atoms with Gasteiger partial charge in [-0.3, -0.25) is 4.79 Å². The lowest BCUT2D eigenvalue weighted by molar-refractivity contribution is -0.153. The molecule has 1 aliphatic rings. The molecular weight excluding hydrogens is 182 g/mol. The van der Waals surface area contributed by atoms with Crippen LogP contribution in [0.5, 0.6) is 0 Å². The maximum Gasteiger partial charge on any atom is 0.326 e. The fraction of sp³-hybridized carbons (Fsp3) is 0.800. The second-order valence-electron chi connectivity index (χ2n) is 4.80. The van der Waals surface area contributed by atoms with E-state index >= 15 is 0 Å². The number of hydrogen-bond acceptors (Lipinski definition) is 2. The Morgan fingerprint density at radius 3 is 2.36 bits per heavy atom. The Kier molecular flexibility index (Phi) is 2.83. The van der Waals surface area contributed by atoms with Crippen molar-refractivity contribution in [3.8, 4) is 0 Å². The summed E-state index contributed by atoms with van der Waals surface area (Å²) in [6.45, 7) is 6.11. The Morgan fingerprint density at radius 2 is 2.07 bits per heavy atom. The minimum atomic E-state index is -0.909. The number of likely N-dealkylation sites (tertiary alicyclic amines) is 1. The molecule has 1 atom stereocenters. The first kappa shape index (κ1) is 11.0. The first-order valence-corrected chi connectivity index (χ1v) is 4.86. The fourth-order valence-electron chi connectivity index (χ4n) is 1.91. The molecule has 1 unspecified atom stereocenters. The predicted molar refractivity (Wildman–Crippen MR) is 51.8 cm³/mol. The van der Waals surface area contributed by atoms with Crippen LogP contribution in [0.2, 0.25) is 0 Å². The highest BCUT2D eigenvalue weighted by atomic mass is 16.4. The van der Waals surface area contributed by atoms with Crippen molar-refractivity contribution in [2.24, 2.45) is 5.41 Å². The van der Waals surface area contributed by atoms with E-state index in [1.165, 1.54) is 4.90 Å². The molecule has 0 aliphatic carbocycles. The fourth-order valence-corrected chi connectivity index (χ4v) is 1.91. The zero-order chi connectivity index (χ0) is 10.9. The molecule has 80 valence electrons. The van der Waals surface area contributed by atoms with Crippen molar-refractivity contribution in [3.63, 3.8) is 0 Å². The highest BCUT2D eigenvalue weighted by molar-refractivity contribution is 5.85. The largest absolute Gasteiger partial charge is 0.480 e. The minimum Gasteiger partial charge on any atom is -0.480 e. The number of carboxylic acids is 1. The van der Waals surface area contributed by atoms with Crippen molar-refractivity contribution in [1.82, 2.24) is 4.90 Å². The second kappa shape index (κ2) is 3.59. The molecular formula is C10H17NO3. The first-order chi connectivity index (χ1) is 6.34. The molecule has 0 aromatic carbocycles. The normalized spacial score (nSPS) is 19.9. The maximum absolute atomic E-state index is 11.4. The van der Waals surface area contributed by atoms with Gasteiger partial charge in [-0.15, -0.1) is 0 Å². The molecule has 1 amide bonds. The lowest BCUT2D eigenvalue weighted by Crippen LogP contribution is -2.49. The number of rotatable bonds is 2. The number of aliphatic carboxylic acids is 1. The monoisotopic (exact) mass is 199 g/mol. The molecule has 0 saturated carbocycles. The standard InChI is InChI=1S/C10H17NO3/c1-10(2,3)8(9(13)14)11-6-4-5-7(11)12/h8H,4-6H2,1-3H3,(H,13,14). The molecule has 1 fully saturated rings. The van der Waals surface area contributed by atoms with Crippen LogP contribution in [0.1, 0.15) is 33.6 Å². The minimum absolute atomic E-state index is 0.0349. The summed E-state index contributed by atoms with van der Waals surface area (Å²) in [5.74, 6) is -0.944. The molecule has 0 bridgehead atoms. The van der Waals surface area contributed by atoms with Gasteiger partial charge in [0.1, 0.15) is 6.04 Å². The Bertz CT molecular complexity index is 255. The van der Waals surface area contributed by atoms with E-state index in [2.05, 4.69) is 0 Å². The van der Waals surface area contributed by atoms with Crippen LogP contribution >= 0.6 is 0 Å². The summed E-state index contributed by atoms with van der Waals surface area (Å²) in [6.07, 6.45) is 1.26. The van der Waals surface area contributed by atoms with Crippen molar-refractivity contribution >= 4 is 11.9 Å². The molecule has 0 radical (unpaired) electrons. The molecule has 1 rings (SSSR count). The van der Waals surface area contributed by atoms with Crippen molar-refractivity contribution in [1.29, 1.82) is 0 Å². The summed E-state index contributed by atoms with van der Waals surface area (Å²) in [5.41, 5.74) is -0.411. The maximum atomic E-state index is 11.4. The molecule has 0 spiro atoms. The van der Waals surface area contributed by atoms with Crippen LogP contribution in [0.4, 0.5) is 0 Å². The molecule has 1 aliphatic heterocycles. The summed E-state index contributed by atoms with van der Waals surface area (Å²) in [6, 6.07) is -0.697. The summed E-state index contributed by atoms with van der Waals surface area (Å²) in [5, 5.41) is 9.09. The van der Waals surface area contributed by atoms with Gasteiger partial charge in [0.05, 0.1) is 0 Å². The summed E-state index contributed by atoms with van der Waals surface area (Å²) in [7, 11) is 0. The lowest BCUT2D eigenvalue weighted by atomic mass is 9.86. The third kappa shape index (κ3) is 2.05. The van der Waals surface area contributed by atoms with Gasteiger partial charge in [-0.25, -0.2) is 4.79 Å². The smallest absolute Gasteiger partial charge is 0.326 e. The van der Waals surface area contributed by atoms with Gasteiger partial charge in [-0.05, 0) is 11.8 Å². The average Bonchev–Trinajstić information content (AvgIpc) is 2.32. The van der Waals surface area contributed by atoms with Crippen molar-refractivity contribution < 1.29 is 14.7 Å². The number of nitrogens with zero attached hydrogens (tertiary/aromatic N) is 1. The average molecular weight is 199 g/mol. The molecule has 1 saturated heterocycles. The zero-order valence-electron chi connectivity index (χ0n) is 8.91. The number of carboxylic acid groups (broad SMARTS) is 1. The third-order valence-electron chi connectivity index (χ3n) is 2.48. The van der Waals surface area contributed by atoms with Crippen molar-refractivity contribution in [2.45, 2.75) is 39.7 Å².